The summed E-state index contributed by atoms with van der Waals surface area (Å²) in [6.45, 7) is 4.70. The number of hydrogen-bond donors (Lipinski definition) is 1. The topological polar surface area (TPSA) is 0 Å². The second-order valence-electron chi connectivity index (χ2n) is 4.24. The van der Waals surface area contributed by atoms with Gasteiger partial charge in [-0.15, -0.1) is 0 Å². The molecule has 11 heavy (non-hydrogen) atoms. The molecule has 66 valence electrons. The summed E-state index contributed by atoms with van der Waals surface area (Å²) in [7, 11) is 0. The van der Waals surface area contributed by atoms with Gasteiger partial charge in [0, 0.05) is 0 Å². The third kappa shape index (κ3) is 1.93. The van der Waals surface area contributed by atoms with Gasteiger partial charge in [-0.3, -0.25) is 0 Å². The average Bonchev–Trinajstić information content (AvgIpc) is 2.05. The standard InChI is InChI=1S/C10H20S/c1-9(2)10(8-11)6-4-3-5-7-10/h9,11H,3-8H2,1-2H3. The molecule has 0 heterocycles. The van der Waals surface area contributed by atoms with Crippen LogP contribution in [0.2, 0.25) is 0 Å². The molecule has 0 radical (unpaired) electrons. The molecule has 0 aromatic rings. The highest BCUT2D eigenvalue weighted by molar-refractivity contribution is 7.80. The van der Waals surface area contributed by atoms with Crippen molar-refractivity contribution in [2.45, 2.75) is 46.0 Å². The van der Waals surface area contributed by atoms with Gasteiger partial charge in [0.25, 0.3) is 0 Å². The van der Waals surface area contributed by atoms with E-state index in [0.717, 1.165) is 11.7 Å². The first-order chi connectivity index (χ1) is 5.21. The Bertz CT molecular complexity index is 112. The lowest BCUT2D eigenvalue weighted by atomic mass is 9.68. The zero-order chi connectivity index (χ0) is 8.32. The molecular formula is C10H20S. The van der Waals surface area contributed by atoms with Crippen LogP contribution in [0.3, 0.4) is 0 Å². The molecular weight excluding hydrogens is 152 g/mol. The van der Waals surface area contributed by atoms with E-state index >= 15 is 0 Å². The van der Waals surface area contributed by atoms with Crippen molar-refractivity contribution in [2.24, 2.45) is 11.3 Å². The average molecular weight is 172 g/mol. The van der Waals surface area contributed by atoms with Crippen molar-refractivity contribution < 1.29 is 0 Å². The van der Waals surface area contributed by atoms with Crippen LogP contribution >= 0.6 is 12.6 Å². The highest BCUT2D eigenvalue weighted by atomic mass is 32.1. The quantitative estimate of drug-likeness (QED) is 0.605. The molecule has 1 heteroatoms. The third-order valence-corrected chi connectivity index (χ3v) is 4.02. The van der Waals surface area contributed by atoms with Crippen LogP contribution in [0.25, 0.3) is 0 Å². The summed E-state index contributed by atoms with van der Waals surface area (Å²) in [6.07, 6.45) is 7.13. The molecule has 1 fully saturated rings. The lowest BCUT2D eigenvalue weighted by Crippen LogP contribution is -2.31. The molecule has 0 amide bonds. The molecule has 0 bridgehead atoms. The van der Waals surface area contributed by atoms with Gasteiger partial charge in [0.2, 0.25) is 0 Å². The van der Waals surface area contributed by atoms with Crippen LogP contribution in [-0.4, -0.2) is 5.75 Å². The van der Waals surface area contributed by atoms with Crippen molar-refractivity contribution in [3.05, 3.63) is 0 Å². The first kappa shape index (κ1) is 9.44. The molecule has 0 nitrogen and oxygen atoms in total. The molecule has 0 aliphatic heterocycles. The fourth-order valence-corrected chi connectivity index (χ4v) is 2.86. The van der Waals surface area contributed by atoms with Gasteiger partial charge in [-0.05, 0) is 29.9 Å². The Morgan fingerprint density at radius 1 is 1.18 bits per heavy atom. The van der Waals surface area contributed by atoms with Crippen molar-refractivity contribution in [1.29, 1.82) is 0 Å². The van der Waals surface area contributed by atoms with E-state index in [0.29, 0.717) is 5.41 Å². The number of thiol groups is 1. The van der Waals surface area contributed by atoms with E-state index in [1.165, 1.54) is 32.1 Å². The zero-order valence-electron chi connectivity index (χ0n) is 7.77. The van der Waals surface area contributed by atoms with E-state index in [-0.39, 0.29) is 0 Å². The summed E-state index contributed by atoms with van der Waals surface area (Å²) >= 11 is 4.49. The highest BCUT2D eigenvalue weighted by Crippen LogP contribution is 2.43. The van der Waals surface area contributed by atoms with Crippen LogP contribution in [0.4, 0.5) is 0 Å². The van der Waals surface area contributed by atoms with Gasteiger partial charge in [0.05, 0.1) is 0 Å². The first-order valence-electron chi connectivity index (χ1n) is 4.82. The minimum atomic E-state index is 0.585. The summed E-state index contributed by atoms with van der Waals surface area (Å²) in [5.74, 6) is 1.91. The lowest BCUT2D eigenvalue weighted by Gasteiger charge is -2.39. The Kier molecular flexibility index (Phi) is 3.29. The summed E-state index contributed by atoms with van der Waals surface area (Å²) < 4.78 is 0. The van der Waals surface area contributed by atoms with Crippen LogP contribution < -0.4 is 0 Å². The predicted octanol–water partition coefficient (Wildman–Crippen LogP) is 3.52. The Labute approximate surface area is 76.2 Å². The maximum atomic E-state index is 4.49. The first-order valence-corrected chi connectivity index (χ1v) is 5.45. The van der Waals surface area contributed by atoms with Crippen LogP contribution in [0, 0.1) is 11.3 Å². The summed E-state index contributed by atoms with van der Waals surface area (Å²) in [6, 6.07) is 0. The monoisotopic (exact) mass is 172 g/mol. The number of hydrogen-bond acceptors (Lipinski definition) is 1. The van der Waals surface area contributed by atoms with Crippen molar-refractivity contribution in [2.75, 3.05) is 5.75 Å². The van der Waals surface area contributed by atoms with E-state index in [9.17, 15) is 0 Å². The van der Waals surface area contributed by atoms with Gasteiger partial charge in [-0.25, -0.2) is 0 Å². The molecule has 0 saturated heterocycles. The Morgan fingerprint density at radius 2 is 1.73 bits per heavy atom. The maximum absolute atomic E-state index is 4.49. The molecule has 0 N–H and O–H groups in total. The molecule has 0 aromatic carbocycles. The molecule has 0 aromatic heterocycles. The molecule has 0 atom stereocenters. The predicted molar refractivity (Wildman–Crippen MR) is 54.2 cm³/mol. The van der Waals surface area contributed by atoms with Crippen LogP contribution in [-0.2, 0) is 0 Å². The van der Waals surface area contributed by atoms with E-state index in [2.05, 4.69) is 26.5 Å². The molecule has 1 rings (SSSR count). The van der Waals surface area contributed by atoms with Crippen molar-refractivity contribution in [3.8, 4) is 0 Å². The molecule has 1 aliphatic carbocycles. The van der Waals surface area contributed by atoms with E-state index in [1.807, 2.05) is 0 Å². The second-order valence-corrected chi connectivity index (χ2v) is 4.55. The highest BCUT2D eigenvalue weighted by Gasteiger charge is 2.33. The van der Waals surface area contributed by atoms with Gasteiger partial charge in [0.15, 0.2) is 0 Å². The molecule has 1 aliphatic rings. The third-order valence-electron chi connectivity index (χ3n) is 3.39. The van der Waals surface area contributed by atoms with E-state index < -0.39 is 0 Å². The summed E-state index contributed by atoms with van der Waals surface area (Å²) in [4.78, 5) is 0. The minimum Gasteiger partial charge on any atom is -0.179 e. The Hall–Kier alpha value is 0.350. The van der Waals surface area contributed by atoms with Crippen LogP contribution in [0.1, 0.15) is 46.0 Å². The molecule has 0 spiro atoms. The normalized spacial score (nSPS) is 24.0. The Balaban J connectivity index is 2.57. The van der Waals surface area contributed by atoms with Crippen LogP contribution in [0.15, 0.2) is 0 Å². The molecule has 0 unspecified atom stereocenters. The van der Waals surface area contributed by atoms with Gasteiger partial charge in [0.1, 0.15) is 0 Å². The maximum Gasteiger partial charge on any atom is -0.00387 e. The van der Waals surface area contributed by atoms with Gasteiger partial charge >= 0.3 is 0 Å². The van der Waals surface area contributed by atoms with Crippen molar-refractivity contribution in [3.63, 3.8) is 0 Å². The van der Waals surface area contributed by atoms with E-state index in [1.54, 1.807) is 0 Å². The van der Waals surface area contributed by atoms with E-state index in [4.69, 9.17) is 0 Å². The van der Waals surface area contributed by atoms with Gasteiger partial charge in [-0.1, -0.05) is 33.1 Å². The van der Waals surface area contributed by atoms with Gasteiger partial charge < -0.3 is 0 Å². The minimum absolute atomic E-state index is 0.585. The van der Waals surface area contributed by atoms with Crippen LogP contribution in [0.5, 0.6) is 0 Å². The largest absolute Gasteiger partial charge is 0.179 e. The second kappa shape index (κ2) is 3.84. The zero-order valence-corrected chi connectivity index (χ0v) is 8.66. The van der Waals surface area contributed by atoms with Crippen molar-refractivity contribution >= 4 is 12.6 Å². The fraction of sp³-hybridized carbons (Fsp3) is 1.00. The smallest absolute Gasteiger partial charge is 0.00387 e. The van der Waals surface area contributed by atoms with Gasteiger partial charge in [-0.2, -0.15) is 12.6 Å². The SMILES string of the molecule is CC(C)C1(CS)CCCCC1. The Morgan fingerprint density at radius 3 is 2.00 bits per heavy atom. The summed E-state index contributed by atoms with van der Waals surface area (Å²) in [5.41, 5.74) is 0.585. The summed E-state index contributed by atoms with van der Waals surface area (Å²) in [5, 5.41) is 0. The lowest BCUT2D eigenvalue weighted by molar-refractivity contribution is 0.150. The fourth-order valence-electron chi connectivity index (χ4n) is 2.17. The molecule has 1 saturated carbocycles. The number of rotatable bonds is 2. The van der Waals surface area contributed by atoms with Crippen molar-refractivity contribution in [1.82, 2.24) is 0 Å².